The summed E-state index contributed by atoms with van der Waals surface area (Å²) < 4.78 is 17.4. The summed E-state index contributed by atoms with van der Waals surface area (Å²) in [5, 5.41) is 6.83. The van der Waals surface area contributed by atoms with Gasteiger partial charge in [-0.05, 0) is 74.6 Å². The molecule has 13 heteroatoms. The summed E-state index contributed by atoms with van der Waals surface area (Å²) in [5.41, 5.74) is 10.3. The van der Waals surface area contributed by atoms with Crippen molar-refractivity contribution in [1.29, 1.82) is 0 Å². The van der Waals surface area contributed by atoms with Crippen molar-refractivity contribution in [2.24, 2.45) is 10.7 Å². The first-order chi connectivity index (χ1) is 26.5. The van der Waals surface area contributed by atoms with Crippen LogP contribution in [0.15, 0.2) is 81.0 Å². The second-order valence-corrected chi connectivity index (χ2v) is 13.1. The minimum atomic E-state index is -0.148. The molecule has 54 heavy (non-hydrogen) atoms. The van der Waals surface area contributed by atoms with Crippen LogP contribution < -0.4 is 16.4 Å². The molecule has 2 unspecified atom stereocenters. The number of furan rings is 1. The van der Waals surface area contributed by atoms with Crippen molar-refractivity contribution >= 4 is 60.0 Å². The number of hydrogen-bond acceptors (Lipinski definition) is 11. The fourth-order valence-corrected chi connectivity index (χ4v) is 6.80. The lowest BCUT2D eigenvalue weighted by Gasteiger charge is -2.27. The molecule has 4 N–H and O–H groups in total. The third-order valence-electron chi connectivity index (χ3n) is 8.64. The number of fused-ring (bicyclic) bond motifs is 1. The number of methoxy groups -OCH3 is 1. The number of rotatable bonds is 11. The SMILES string of the molecule is C=O.CC.CN.CNc1ccc2cc(C(=O)N3CCSCC3)oc2c1.COC1=CC2=C(CC1OCCCc1ccc(C=O)cc1)N=CC(NC=O)CCC2. The quantitative estimate of drug-likeness (QED) is 0.146. The highest BCUT2D eigenvalue weighted by Crippen LogP contribution is 2.32. The molecule has 0 saturated carbocycles. The molecule has 294 valence electrons. The van der Waals surface area contributed by atoms with E-state index >= 15 is 0 Å². The average molecular weight is 764 g/mol. The second kappa shape index (κ2) is 26.1. The molecule has 0 spiro atoms. The summed E-state index contributed by atoms with van der Waals surface area (Å²) in [6.07, 6.45) is 10.6. The maximum atomic E-state index is 12.3. The van der Waals surface area contributed by atoms with Gasteiger partial charge in [0, 0.05) is 79.3 Å². The maximum absolute atomic E-state index is 12.3. The van der Waals surface area contributed by atoms with E-state index < -0.39 is 0 Å². The van der Waals surface area contributed by atoms with Gasteiger partial charge < -0.3 is 40.0 Å². The van der Waals surface area contributed by atoms with E-state index in [9.17, 15) is 14.4 Å². The highest BCUT2D eigenvalue weighted by atomic mass is 32.2. The average Bonchev–Trinajstić information content (AvgIpc) is 3.67. The molecule has 3 aliphatic rings. The van der Waals surface area contributed by atoms with Crippen LogP contribution in [0.4, 0.5) is 5.69 Å². The number of nitrogens with one attached hydrogen (secondary N) is 2. The molecular formula is C41H57N5O7S. The van der Waals surface area contributed by atoms with Gasteiger partial charge in [-0.15, -0.1) is 0 Å². The third-order valence-corrected chi connectivity index (χ3v) is 9.58. The van der Waals surface area contributed by atoms with Gasteiger partial charge in [0.2, 0.25) is 6.41 Å². The lowest BCUT2D eigenvalue weighted by atomic mass is 9.93. The van der Waals surface area contributed by atoms with Crippen LogP contribution in [0.2, 0.25) is 0 Å². The van der Waals surface area contributed by atoms with Gasteiger partial charge in [0.05, 0.1) is 13.2 Å². The van der Waals surface area contributed by atoms with Gasteiger partial charge in [-0.25, -0.2) is 0 Å². The lowest BCUT2D eigenvalue weighted by Crippen LogP contribution is -2.37. The third kappa shape index (κ3) is 13.9. The molecule has 1 fully saturated rings. The van der Waals surface area contributed by atoms with E-state index in [4.69, 9.17) is 18.7 Å². The minimum Gasteiger partial charge on any atom is -0.498 e. The molecule has 1 aliphatic carbocycles. The van der Waals surface area contributed by atoms with E-state index in [1.807, 2.05) is 99.1 Å². The molecule has 3 heterocycles. The normalized spacial score (nSPS) is 17.4. The van der Waals surface area contributed by atoms with Gasteiger partial charge in [0.25, 0.3) is 5.91 Å². The zero-order valence-electron chi connectivity index (χ0n) is 32.3. The number of benzene rings is 2. The monoisotopic (exact) mass is 763 g/mol. The lowest BCUT2D eigenvalue weighted by molar-refractivity contribution is -0.109. The summed E-state index contributed by atoms with van der Waals surface area (Å²) in [5.74, 6) is 3.31. The number of carbonyl (C=O) groups excluding carboxylic acids is 4. The molecule has 1 saturated heterocycles. The van der Waals surface area contributed by atoms with Crippen LogP contribution in [-0.2, 0) is 25.5 Å². The number of carbonyl (C=O) groups is 4. The topological polar surface area (TPSA) is 166 Å². The first-order valence-electron chi connectivity index (χ1n) is 18.3. The van der Waals surface area contributed by atoms with Gasteiger partial charge in [-0.3, -0.25) is 19.4 Å². The van der Waals surface area contributed by atoms with Crippen LogP contribution in [0.5, 0.6) is 0 Å². The van der Waals surface area contributed by atoms with Crippen LogP contribution in [-0.4, -0.2) is 101 Å². The van der Waals surface area contributed by atoms with Crippen molar-refractivity contribution in [3.05, 3.63) is 88.5 Å². The predicted molar refractivity (Wildman–Crippen MR) is 220 cm³/mol. The summed E-state index contributed by atoms with van der Waals surface area (Å²) >= 11 is 1.89. The molecule has 2 aromatic carbocycles. The number of nitrogens with two attached hydrogens (primary N) is 1. The number of ether oxygens (including phenoxy) is 2. The molecule has 1 aromatic heterocycles. The summed E-state index contributed by atoms with van der Waals surface area (Å²) in [6.45, 7) is 8.23. The first-order valence-corrected chi connectivity index (χ1v) is 19.5. The fraction of sp³-hybridized carbons (Fsp3) is 0.439. The standard InChI is InChI=1S/C23H28N2O4.C14H16N2O2S.C2H6.CH5N.CH2O/c1-28-22-12-19-5-2-6-20(25-16-27)14-24-21(19)13-23(22)29-11-3-4-17-7-9-18(15-26)10-8-17;1-15-11-3-2-10-8-13(18-12(10)9-11)14(17)16-4-6-19-7-5-16;3*1-2/h7-10,12,14-16,20,23H,2-6,11,13H2,1H3,(H,25,27);2-3,8-9,15H,4-7H2,1H3;1-2H3;2H2,1H3;1H2. The number of hydrogen-bond donors (Lipinski definition) is 3. The van der Waals surface area contributed by atoms with Crippen molar-refractivity contribution in [2.75, 3.05) is 57.7 Å². The van der Waals surface area contributed by atoms with Crippen LogP contribution in [0.25, 0.3) is 11.0 Å². The van der Waals surface area contributed by atoms with E-state index in [-0.39, 0.29) is 18.1 Å². The minimum absolute atomic E-state index is 0.00232. The van der Waals surface area contributed by atoms with Crippen molar-refractivity contribution in [3.63, 3.8) is 0 Å². The van der Waals surface area contributed by atoms with E-state index in [0.29, 0.717) is 24.4 Å². The largest absolute Gasteiger partial charge is 0.498 e. The van der Waals surface area contributed by atoms with E-state index in [1.54, 1.807) is 7.11 Å². The summed E-state index contributed by atoms with van der Waals surface area (Å²) in [4.78, 5) is 48.3. The van der Waals surface area contributed by atoms with Crippen LogP contribution in [0.3, 0.4) is 0 Å². The Labute approximate surface area is 324 Å². The number of nitrogens with zero attached hydrogens (tertiary/aromatic N) is 2. The van der Waals surface area contributed by atoms with Crippen molar-refractivity contribution in [1.82, 2.24) is 10.2 Å². The van der Waals surface area contributed by atoms with Crippen LogP contribution in [0.1, 0.15) is 72.4 Å². The Kier molecular flexibility index (Phi) is 22.0. The molecular weight excluding hydrogens is 707 g/mol. The van der Waals surface area contributed by atoms with Crippen molar-refractivity contribution in [3.8, 4) is 0 Å². The summed E-state index contributed by atoms with van der Waals surface area (Å²) in [7, 11) is 5.04. The van der Waals surface area contributed by atoms with E-state index in [1.165, 1.54) is 18.2 Å². The number of anilines is 1. The molecule has 0 radical (unpaired) electrons. The Morgan fingerprint density at radius 1 is 1.09 bits per heavy atom. The molecule has 6 rings (SSSR count). The van der Waals surface area contributed by atoms with Gasteiger partial charge in [-0.1, -0.05) is 38.1 Å². The number of allylic oxidation sites excluding steroid dienone is 2. The highest BCUT2D eigenvalue weighted by Gasteiger charge is 2.26. The molecule has 12 nitrogen and oxygen atoms in total. The van der Waals surface area contributed by atoms with Crippen LogP contribution in [0, 0.1) is 0 Å². The number of aliphatic imine (C=N–C) groups is 1. The Morgan fingerprint density at radius 2 is 1.81 bits per heavy atom. The Morgan fingerprint density at radius 3 is 2.46 bits per heavy atom. The number of aryl methyl sites for hydroxylation is 1. The Hall–Kier alpha value is -4.72. The Bertz CT molecular complexity index is 1670. The fourth-order valence-electron chi connectivity index (χ4n) is 5.90. The number of aldehydes is 1. The maximum Gasteiger partial charge on any atom is 0.289 e. The molecule has 2 aliphatic heterocycles. The number of thioether (sulfide) groups is 1. The number of amides is 2. The highest BCUT2D eigenvalue weighted by molar-refractivity contribution is 7.99. The van der Waals surface area contributed by atoms with Gasteiger partial charge in [0.15, 0.2) is 5.76 Å². The zero-order chi connectivity index (χ0) is 39.7. The molecule has 3 aromatic rings. The van der Waals surface area contributed by atoms with Gasteiger partial charge >= 0.3 is 0 Å². The molecule has 2 atom stereocenters. The summed E-state index contributed by atoms with van der Waals surface area (Å²) in [6, 6.07) is 15.3. The smallest absolute Gasteiger partial charge is 0.289 e. The molecule has 2 amide bonds. The van der Waals surface area contributed by atoms with Crippen molar-refractivity contribution in [2.45, 2.75) is 64.5 Å². The first kappa shape index (κ1) is 45.4. The van der Waals surface area contributed by atoms with Crippen molar-refractivity contribution < 1.29 is 33.1 Å². The second-order valence-electron chi connectivity index (χ2n) is 11.8. The predicted octanol–water partition coefficient (Wildman–Crippen LogP) is 6.45. The van der Waals surface area contributed by atoms with E-state index in [0.717, 1.165) is 97.5 Å². The van der Waals surface area contributed by atoms with Gasteiger partial charge in [0.1, 0.15) is 30.5 Å². The van der Waals surface area contributed by atoms with Crippen LogP contribution >= 0.6 is 11.8 Å². The zero-order valence-corrected chi connectivity index (χ0v) is 33.1. The Balaban J connectivity index is 0.000000348. The van der Waals surface area contributed by atoms with Gasteiger partial charge in [-0.2, -0.15) is 11.8 Å². The van der Waals surface area contributed by atoms with E-state index in [2.05, 4.69) is 27.4 Å². The molecule has 0 bridgehead atoms.